The van der Waals surface area contributed by atoms with E-state index >= 15 is 0 Å². The fraction of sp³-hybridized carbons (Fsp3) is 0.231. The van der Waals surface area contributed by atoms with Crippen molar-refractivity contribution in [2.24, 2.45) is 0 Å². The molecule has 4 rings (SSSR count). The minimum absolute atomic E-state index is 0.381. The van der Waals surface area contributed by atoms with Gasteiger partial charge >= 0.3 is 0 Å². The summed E-state index contributed by atoms with van der Waals surface area (Å²) in [4.78, 5) is 8.71. The van der Waals surface area contributed by atoms with Crippen LogP contribution in [0, 0.1) is 6.92 Å². The summed E-state index contributed by atoms with van der Waals surface area (Å²) in [6.07, 6.45) is 12.7. The first-order valence-electron chi connectivity index (χ1n) is 10.6. The number of aromatic nitrogens is 3. The lowest BCUT2D eigenvalue weighted by atomic mass is 10.1. The van der Waals surface area contributed by atoms with Crippen LogP contribution in [0.25, 0.3) is 12.2 Å². The Bertz CT molecular complexity index is 1100. The van der Waals surface area contributed by atoms with Gasteiger partial charge < -0.3 is 13.7 Å². The molecular weight excluding hydrogens is 386 g/mol. The van der Waals surface area contributed by atoms with E-state index in [1.165, 1.54) is 5.56 Å². The fourth-order valence-corrected chi connectivity index (χ4v) is 3.36. The van der Waals surface area contributed by atoms with Gasteiger partial charge in [-0.05, 0) is 55.5 Å². The highest BCUT2D eigenvalue weighted by Gasteiger charge is 2.03. The van der Waals surface area contributed by atoms with Crippen molar-refractivity contribution in [2.45, 2.75) is 39.3 Å². The minimum atomic E-state index is 0.381. The molecule has 0 atom stereocenters. The maximum absolute atomic E-state index is 5.85. The molecular formula is C26H27N3O2. The molecule has 0 N–H and O–H groups in total. The number of imidazole rings is 1. The second-order valence-electron chi connectivity index (χ2n) is 7.48. The molecule has 0 aliphatic heterocycles. The van der Waals surface area contributed by atoms with Crippen LogP contribution in [0.4, 0.5) is 0 Å². The normalized spacial score (nSPS) is 11.3. The predicted molar refractivity (Wildman–Crippen MR) is 123 cm³/mol. The largest absolute Gasteiger partial charge is 0.487 e. The molecule has 2 aromatic carbocycles. The van der Waals surface area contributed by atoms with Crippen LogP contribution in [-0.4, -0.2) is 14.5 Å². The second-order valence-corrected chi connectivity index (χ2v) is 7.48. The monoisotopic (exact) mass is 413 g/mol. The Morgan fingerprint density at radius 2 is 1.84 bits per heavy atom. The van der Waals surface area contributed by atoms with Gasteiger partial charge in [0.05, 0.1) is 0 Å². The molecule has 0 amide bonds. The van der Waals surface area contributed by atoms with Gasteiger partial charge in [0.2, 0.25) is 5.89 Å². The predicted octanol–water partition coefficient (Wildman–Crippen LogP) is 5.95. The van der Waals surface area contributed by atoms with Crippen LogP contribution in [0.2, 0.25) is 0 Å². The lowest BCUT2D eigenvalue weighted by Crippen LogP contribution is -2.00. The molecule has 0 bridgehead atoms. The minimum Gasteiger partial charge on any atom is -0.487 e. The zero-order valence-corrected chi connectivity index (χ0v) is 17.8. The van der Waals surface area contributed by atoms with E-state index in [9.17, 15) is 0 Å². The van der Waals surface area contributed by atoms with E-state index in [4.69, 9.17) is 9.15 Å². The maximum atomic E-state index is 5.85. The highest BCUT2D eigenvalue weighted by atomic mass is 16.5. The van der Waals surface area contributed by atoms with Crippen molar-refractivity contribution in [1.82, 2.24) is 14.5 Å². The number of ether oxygens (including phenoxy) is 1. The van der Waals surface area contributed by atoms with Crippen LogP contribution in [0.1, 0.15) is 41.4 Å². The topological polar surface area (TPSA) is 53.1 Å². The number of nitrogens with zero attached hydrogens (tertiary/aromatic N) is 3. The zero-order valence-electron chi connectivity index (χ0n) is 17.8. The van der Waals surface area contributed by atoms with Gasteiger partial charge in [0, 0.05) is 25.0 Å². The highest BCUT2D eigenvalue weighted by molar-refractivity contribution is 5.65. The van der Waals surface area contributed by atoms with Crippen molar-refractivity contribution in [3.8, 4) is 5.75 Å². The molecule has 5 nitrogen and oxygen atoms in total. The standard InChI is InChI=1S/C26H27N3O2/c1-21-27-16-18-29(21)17-6-5-9-23-10-13-25(14-11-23)30-19-24-20-31-26(28-24)15-12-22-7-3-2-4-8-22/h2-4,7-8,10-16,18,20H,5-6,9,17,19H2,1H3. The van der Waals surface area contributed by atoms with Crippen molar-refractivity contribution >= 4 is 12.2 Å². The lowest BCUT2D eigenvalue weighted by Gasteiger charge is -2.07. The molecule has 31 heavy (non-hydrogen) atoms. The SMILES string of the molecule is Cc1nccn1CCCCc1ccc(OCc2coc(C=Cc3ccccc3)n2)cc1. The van der Waals surface area contributed by atoms with Crippen molar-refractivity contribution in [2.75, 3.05) is 0 Å². The van der Waals surface area contributed by atoms with Crippen LogP contribution < -0.4 is 4.74 Å². The van der Waals surface area contributed by atoms with Crippen LogP contribution >= 0.6 is 0 Å². The third-order valence-electron chi connectivity index (χ3n) is 5.14. The Kier molecular flexibility index (Phi) is 6.96. The summed E-state index contributed by atoms with van der Waals surface area (Å²) >= 11 is 0. The zero-order chi connectivity index (χ0) is 21.3. The first kappa shape index (κ1) is 20.7. The molecule has 0 radical (unpaired) electrons. The summed E-state index contributed by atoms with van der Waals surface area (Å²) in [5.74, 6) is 2.49. The summed E-state index contributed by atoms with van der Waals surface area (Å²) in [7, 11) is 0. The molecule has 0 fully saturated rings. The van der Waals surface area contributed by atoms with Gasteiger partial charge in [-0.25, -0.2) is 9.97 Å². The molecule has 2 heterocycles. The van der Waals surface area contributed by atoms with Crippen LogP contribution in [0.3, 0.4) is 0 Å². The number of hydrogen-bond donors (Lipinski definition) is 0. The average Bonchev–Trinajstić information content (AvgIpc) is 3.44. The van der Waals surface area contributed by atoms with Gasteiger partial charge in [0.25, 0.3) is 0 Å². The third kappa shape index (κ3) is 6.19. The number of benzene rings is 2. The van der Waals surface area contributed by atoms with Gasteiger partial charge in [-0.15, -0.1) is 0 Å². The molecule has 0 aliphatic carbocycles. The Labute approximate surface area is 183 Å². The summed E-state index contributed by atoms with van der Waals surface area (Å²) in [5.41, 5.74) is 3.20. The van der Waals surface area contributed by atoms with E-state index in [-0.39, 0.29) is 0 Å². The van der Waals surface area contributed by atoms with Gasteiger partial charge in [-0.1, -0.05) is 42.5 Å². The van der Waals surface area contributed by atoms with Crippen molar-refractivity contribution < 1.29 is 9.15 Å². The second kappa shape index (κ2) is 10.4. The van der Waals surface area contributed by atoms with E-state index in [0.29, 0.717) is 12.5 Å². The Morgan fingerprint density at radius 1 is 1.00 bits per heavy atom. The van der Waals surface area contributed by atoms with E-state index in [2.05, 4.69) is 26.7 Å². The first-order valence-corrected chi connectivity index (χ1v) is 10.6. The molecule has 0 spiro atoms. The Hall–Kier alpha value is -3.60. The average molecular weight is 414 g/mol. The maximum Gasteiger partial charge on any atom is 0.218 e. The lowest BCUT2D eigenvalue weighted by molar-refractivity contribution is 0.301. The molecule has 4 aromatic rings. The summed E-state index contributed by atoms with van der Waals surface area (Å²) < 4.78 is 13.6. The molecule has 158 valence electrons. The smallest absolute Gasteiger partial charge is 0.218 e. The summed E-state index contributed by atoms with van der Waals surface area (Å²) in [5, 5.41) is 0. The molecule has 2 aromatic heterocycles. The summed E-state index contributed by atoms with van der Waals surface area (Å²) in [6, 6.07) is 18.4. The number of hydrogen-bond acceptors (Lipinski definition) is 4. The van der Waals surface area contributed by atoms with Crippen molar-refractivity contribution in [3.05, 3.63) is 102 Å². The molecule has 0 aliphatic rings. The van der Waals surface area contributed by atoms with E-state index < -0.39 is 0 Å². The molecule has 0 saturated carbocycles. The number of rotatable bonds is 10. The van der Waals surface area contributed by atoms with Crippen molar-refractivity contribution in [1.29, 1.82) is 0 Å². The molecule has 0 saturated heterocycles. The van der Waals surface area contributed by atoms with Gasteiger partial charge in [0.15, 0.2) is 0 Å². The summed E-state index contributed by atoms with van der Waals surface area (Å²) in [6.45, 7) is 3.44. The van der Waals surface area contributed by atoms with Crippen LogP contribution in [0.5, 0.6) is 5.75 Å². The number of aryl methyl sites for hydroxylation is 3. The quantitative estimate of drug-likeness (QED) is 0.301. The molecule has 5 heteroatoms. The Balaban J connectivity index is 1.20. The number of unbranched alkanes of at least 4 members (excludes halogenated alkanes) is 1. The van der Waals surface area contributed by atoms with E-state index in [0.717, 1.165) is 48.6 Å². The van der Waals surface area contributed by atoms with Gasteiger partial charge in [-0.2, -0.15) is 0 Å². The van der Waals surface area contributed by atoms with E-state index in [1.807, 2.05) is 73.9 Å². The fourth-order valence-electron chi connectivity index (χ4n) is 3.36. The highest BCUT2D eigenvalue weighted by Crippen LogP contribution is 2.16. The van der Waals surface area contributed by atoms with Crippen molar-refractivity contribution in [3.63, 3.8) is 0 Å². The third-order valence-corrected chi connectivity index (χ3v) is 5.14. The molecule has 0 unspecified atom stereocenters. The number of oxazole rings is 1. The van der Waals surface area contributed by atoms with Gasteiger partial charge in [0.1, 0.15) is 30.1 Å². The first-order chi connectivity index (χ1) is 15.3. The Morgan fingerprint density at radius 3 is 2.61 bits per heavy atom. The van der Waals surface area contributed by atoms with Gasteiger partial charge in [-0.3, -0.25) is 0 Å². The van der Waals surface area contributed by atoms with E-state index in [1.54, 1.807) is 6.26 Å². The van der Waals surface area contributed by atoms with Crippen LogP contribution in [-0.2, 0) is 19.6 Å². The van der Waals surface area contributed by atoms with Crippen LogP contribution in [0.15, 0.2) is 77.7 Å².